The van der Waals surface area contributed by atoms with E-state index in [1.165, 1.54) is 32.4 Å². The van der Waals surface area contributed by atoms with Gasteiger partial charge in [0.1, 0.15) is 16.4 Å². The fourth-order valence-corrected chi connectivity index (χ4v) is 4.92. The fourth-order valence-electron chi connectivity index (χ4n) is 4.12. The molecule has 31 heavy (non-hydrogen) atoms. The summed E-state index contributed by atoms with van der Waals surface area (Å²) >= 11 is 13.5. The van der Waals surface area contributed by atoms with Crippen molar-refractivity contribution < 1.29 is 33.3 Å². The van der Waals surface area contributed by atoms with Crippen LogP contribution in [0.15, 0.2) is 24.8 Å². The van der Waals surface area contributed by atoms with Gasteiger partial charge in [-0.05, 0) is 26.3 Å². The van der Waals surface area contributed by atoms with E-state index in [1.807, 2.05) is 0 Å². The third-order valence-electron chi connectivity index (χ3n) is 5.67. The molecule has 1 unspecified atom stereocenters. The van der Waals surface area contributed by atoms with Crippen molar-refractivity contribution in [2.45, 2.75) is 48.1 Å². The van der Waals surface area contributed by atoms with Crippen LogP contribution in [0, 0.1) is 0 Å². The molecular formula is C22H26Cl2O7. The molecule has 1 aliphatic heterocycles. The maximum atomic E-state index is 13.9. The van der Waals surface area contributed by atoms with Crippen LogP contribution in [0.3, 0.4) is 0 Å². The number of benzene rings is 1. The van der Waals surface area contributed by atoms with Gasteiger partial charge in [0.15, 0.2) is 30.8 Å². The summed E-state index contributed by atoms with van der Waals surface area (Å²) in [7, 11) is 2.91. The smallest absolute Gasteiger partial charge is 0.198 e. The normalized spacial score (nSPS) is 29.2. The van der Waals surface area contributed by atoms with Crippen LogP contribution in [0.2, 0.25) is 0 Å². The Morgan fingerprint density at radius 3 is 2.42 bits per heavy atom. The first-order valence-corrected chi connectivity index (χ1v) is 10.5. The Kier molecular flexibility index (Phi) is 6.75. The minimum absolute atomic E-state index is 0.0327. The van der Waals surface area contributed by atoms with Crippen molar-refractivity contribution in [3.05, 3.63) is 35.9 Å². The van der Waals surface area contributed by atoms with Gasteiger partial charge < -0.3 is 23.7 Å². The van der Waals surface area contributed by atoms with E-state index in [2.05, 4.69) is 6.58 Å². The van der Waals surface area contributed by atoms with Crippen molar-refractivity contribution in [3.8, 4) is 11.5 Å². The van der Waals surface area contributed by atoms with Crippen LogP contribution < -0.4 is 9.47 Å². The molecule has 0 N–H and O–H groups in total. The summed E-state index contributed by atoms with van der Waals surface area (Å²) in [6.45, 7) is 7.09. The van der Waals surface area contributed by atoms with Gasteiger partial charge in [-0.2, -0.15) is 0 Å². The lowest BCUT2D eigenvalue weighted by Crippen LogP contribution is -2.72. The van der Waals surface area contributed by atoms with Crippen molar-refractivity contribution in [2.24, 2.45) is 0 Å². The van der Waals surface area contributed by atoms with Gasteiger partial charge in [0, 0.05) is 32.3 Å². The molecule has 1 saturated heterocycles. The van der Waals surface area contributed by atoms with Crippen LogP contribution in [-0.4, -0.2) is 60.8 Å². The number of rotatable bonds is 8. The van der Waals surface area contributed by atoms with E-state index < -0.39 is 33.0 Å². The van der Waals surface area contributed by atoms with E-state index >= 15 is 0 Å². The highest BCUT2D eigenvalue weighted by Crippen LogP contribution is 2.56. The van der Waals surface area contributed by atoms with Crippen molar-refractivity contribution in [2.75, 3.05) is 27.8 Å². The fraction of sp³-hybridized carbons (Fsp3) is 0.545. The third kappa shape index (κ3) is 3.76. The number of carbonyl (C=O) groups is 2. The van der Waals surface area contributed by atoms with Crippen LogP contribution in [0.1, 0.15) is 47.4 Å². The maximum Gasteiger partial charge on any atom is 0.198 e. The van der Waals surface area contributed by atoms with E-state index in [-0.39, 0.29) is 49.1 Å². The summed E-state index contributed by atoms with van der Waals surface area (Å²) in [4.78, 5) is 26.0. The molecule has 0 aromatic heterocycles. The highest BCUT2D eigenvalue weighted by molar-refractivity contribution is 6.45. The number of halogens is 2. The number of methoxy groups -OCH3 is 2. The Bertz CT molecular complexity index is 900. The zero-order chi connectivity index (χ0) is 23.0. The maximum absolute atomic E-state index is 13.9. The standard InChI is InChI=1S/C22H26Cl2O7/c1-6-7-22-18(25)14-8-13(29-11-27-4)9-15(30-12-28-5)17(14)19(26)21(22,24)10-16(23)20(2,3)31-22/h6,8-9,16H,1,7,10-12H2,2-5H3/t16-,21+,22?/m1/s1. The van der Waals surface area contributed by atoms with Crippen LogP contribution in [0.4, 0.5) is 0 Å². The second kappa shape index (κ2) is 8.71. The first kappa shape index (κ1) is 24.0. The molecular weight excluding hydrogens is 447 g/mol. The highest BCUT2D eigenvalue weighted by Gasteiger charge is 2.70. The number of ether oxygens (including phenoxy) is 5. The predicted octanol–water partition coefficient (Wildman–Crippen LogP) is 4.13. The summed E-state index contributed by atoms with van der Waals surface area (Å²) in [6.07, 6.45) is 1.59. The molecule has 1 aromatic carbocycles. The second-order valence-corrected chi connectivity index (χ2v) is 9.27. The van der Waals surface area contributed by atoms with E-state index in [0.29, 0.717) is 0 Å². The number of fused-ring (bicyclic) bond motifs is 2. The summed E-state index contributed by atoms with van der Waals surface area (Å²) in [6, 6.07) is 2.97. The molecule has 1 fully saturated rings. The summed E-state index contributed by atoms with van der Waals surface area (Å²) in [5.41, 5.74) is -2.44. The van der Waals surface area contributed by atoms with Gasteiger partial charge in [-0.15, -0.1) is 29.8 Å². The zero-order valence-corrected chi connectivity index (χ0v) is 19.5. The summed E-state index contributed by atoms with van der Waals surface area (Å²) < 4.78 is 27.3. The molecule has 3 rings (SSSR count). The molecule has 0 amide bonds. The number of Topliss-reactive ketones (excluding diaryl/α,β-unsaturated/α-hetero) is 2. The molecule has 0 spiro atoms. The summed E-state index contributed by atoms with van der Waals surface area (Å²) in [5.74, 6) is -0.559. The number of hydrogen-bond donors (Lipinski definition) is 0. The van der Waals surface area contributed by atoms with Crippen molar-refractivity contribution in [1.82, 2.24) is 0 Å². The van der Waals surface area contributed by atoms with Crippen LogP contribution in [0.5, 0.6) is 11.5 Å². The molecule has 7 nitrogen and oxygen atoms in total. The van der Waals surface area contributed by atoms with E-state index in [1.54, 1.807) is 13.8 Å². The van der Waals surface area contributed by atoms with Crippen molar-refractivity contribution in [1.29, 1.82) is 0 Å². The molecule has 1 aliphatic carbocycles. The van der Waals surface area contributed by atoms with E-state index in [9.17, 15) is 9.59 Å². The Morgan fingerprint density at radius 1 is 1.16 bits per heavy atom. The molecule has 0 radical (unpaired) electrons. The minimum Gasteiger partial charge on any atom is -0.467 e. The Labute approximate surface area is 191 Å². The monoisotopic (exact) mass is 472 g/mol. The average molecular weight is 473 g/mol. The number of carbonyl (C=O) groups excluding carboxylic acids is 2. The Balaban J connectivity index is 2.26. The number of ketones is 2. The predicted molar refractivity (Wildman–Crippen MR) is 116 cm³/mol. The van der Waals surface area contributed by atoms with Crippen LogP contribution in [0.25, 0.3) is 0 Å². The molecule has 1 aromatic rings. The van der Waals surface area contributed by atoms with Gasteiger partial charge in [-0.3, -0.25) is 9.59 Å². The number of hydrogen-bond acceptors (Lipinski definition) is 7. The number of alkyl halides is 2. The molecule has 1 heterocycles. The van der Waals surface area contributed by atoms with Crippen LogP contribution >= 0.6 is 23.2 Å². The Morgan fingerprint density at radius 2 is 1.81 bits per heavy atom. The molecule has 9 heteroatoms. The van der Waals surface area contributed by atoms with Gasteiger partial charge in [0.2, 0.25) is 0 Å². The first-order chi connectivity index (χ1) is 14.6. The molecule has 170 valence electrons. The average Bonchev–Trinajstić information content (AvgIpc) is 2.72. The largest absolute Gasteiger partial charge is 0.467 e. The van der Waals surface area contributed by atoms with Crippen LogP contribution in [-0.2, 0) is 14.2 Å². The SMILES string of the molecule is C=CCC12OC(C)(C)[C@H](Cl)C[C@]1(Cl)C(=O)c1c(OCOC)cc(OCOC)cc1C2=O. The quantitative estimate of drug-likeness (QED) is 0.319. The summed E-state index contributed by atoms with van der Waals surface area (Å²) in [5, 5.41) is -0.603. The van der Waals surface area contributed by atoms with Crippen molar-refractivity contribution in [3.63, 3.8) is 0 Å². The molecule has 3 atom stereocenters. The van der Waals surface area contributed by atoms with Crippen molar-refractivity contribution >= 4 is 34.8 Å². The molecule has 2 aliphatic rings. The van der Waals surface area contributed by atoms with E-state index in [0.717, 1.165) is 0 Å². The molecule has 0 bridgehead atoms. The van der Waals surface area contributed by atoms with Gasteiger partial charge in [0.05, 0.1) is 16.5 Å². The lowest BCUT2D eigenvalue weighted by Gasteiger charge is -2.56. The lowest BCUT2D eigenvalue weighted by atomic mass is 9.63. The second-order valence-electron chi connectivity index (χ2n) is 8.10. The molecule has 0 saturated carbocycles. The van der Waals surface area contributed by atoms with Gasteiger partial charge in [-0.1, -0.05) is 6.08 Å². The lowest BCUT2D eigenvalue weighted by molar-refractivity contribution is -0.157. The zero-order valence-electron chi connectivity index (χ0n) is 18.0. The third-order valence-corrected chi connectivity index (χ3v) is 6.98. The van der Waals surface area contributed by atoms with Gasteiger partial charge in [-0.25, -0.2) is 0 Å². The Hall–Kier alpha value is -1.64. The highest BCUT2D eigenvalue weighted by atomic mass is 35.5. The topological polar surface area (TPSA) is 80.3 Å². The van der Waals surface area contributed by atoms with E-state index in [4.69, 9.17) is 46.9 Å². The van der Waals surface area contributed by atoms with Gasteiger partial charge >= 0.3 is 0 Å². The van der Waals surface area contributed by atoms with Gasteiger partial charge in [0.25, 0.3) is 0 Å². The first-order valence-electron chi connectivity index (χ1n) is 9.73. The minimum atomic E-state index is -1.73.